The van der Waals surface area contributed by atoms with Gasteiger partial charge in [0.05, 0.1) is 18.4 Å². The molecule has 3 aromatic rings. The van der Waals surface area contributed by atoms with Crippen molar-refractivity contribution in [3.05, 3.63) is 94.9 Å². The van der Waals surface area contributed by atoms with E-state index < -0.39 is 24.0 Å². The zero-order chi connectivity index (χ0) is 28.2. The number of nitrogens with zero attached hydrogens (tertiary/aromatic N) is 1. The lowest BCUT2D eigenvalue weighted by molar-refractivity contribution is 0.0755. The maximum atomic E-state index is 13.4. The summed E-state index contributed by atoms with van der Waals surface area (Å²) >= 11 is 0. The molecule has 2 unspecified atom stereocenters. The molecule has 0 saturated heterocycles. The van der Waals surface area contributed by atoms with Gasteiger partial charge in [0.2, 0.25) is 5.91 Å². The summed E-state index contributed by atoms with van der Waals surface area (Å²) in [6.45, 7) is 5.85. The molecule has 9 heteroatoms. The number of benzene rings is 2. The fourth-order valence-electron chi connectivity index (χ4n) is 4.34. The molecule has 1 heterocycles. The Morgan fingerprint density at radius 1 is 0.949 bits per heavy atom. The molecule has 0 aliphatic heterocycles. The summed E-state index contributed by atoms with van der Waals surface area (Å²) in [5.41, 5.74) is 6.98. The van der Waals surface area contributed by atoms with E-state index in [1.165, 1.54) is 24.5 Å². The summed E-state index contributed by atoms with van der Waals surface area (Å²) in [5, 5.41) is 17.1. The predicted octanol–water partition coefficient (Wildman–Crippen LogP) is 3.13. The topological polar surface area (TPSA) is 138 Å². The number of carbonyl (C=O) groups is 3. The maximum Gasteiger partial charge on any atom is 0.253 e. The lowest BCUT2D eigenvalue weighted by Crippen LogP contribution is -2.48. The number of hydrogen-bond donors (Lipinski definition) is 4. The van der Waals surface area contributed by atoms with Gasteiger partial charge in [0.15, 0.2) is 0 Å². The van der Waals surface area contributed by atoms with E-state index in [0.717, 1.165) is 18.4 Å². The van der Waals surface area contributed by atoms with Gasteiger partial charge in [-0.2, -0.15) is 0 Å². The predicted molar refractivity (Wildman–Crippen MR) is 149 cm³/mol. The first-order chi connectivity index (χ1) is 18.8. The maximum absolute atomic E-state index is 13.4. The molecular weight excluding hydrogens is 496 g/mol. The van der Waals surface area contributed by atoms with Crippen LogP contribution in [0.2, 0.25) is 0 Å². The second-order valence-corrected chi connectivity index (χ2v) is 9.50. The van der Waals surface area contributed by atoms with Gasteiger partial charge in [0.25, 0.3) is 11.8 Å². The first kappa shape index (κ1) is 29.6. The van der Waals surface area contributed by atoms with E-state index in [-0.39, 0.29) is 35.6 Å². The monoisotopic (exact) mass is 534 g/mol. The van der Waals surface area contributed by atoms with Gasteiger partial charge in [-0.3, -0.25) is 14.4 Å². The first-order valence-corrected chi connectivity index (χ1v) is 13.3. The Bertz CT molecular complexity index is 1210. The molecule has 0 fully saturated rings. The second-order valence-electron chi connectivity index (χ2n) is 9.50. The quantitative estimate of drug-likeness (QED) is 0.236. The van der Waals surface area contributed by atoms with Crippen LogP contribution in [0.3, 0.4) is 0 Å². The van der Waals surface area contributed by atoms with Crippen LogP contribution in [0.1, 0.15) is 69.1 Å². The Morgan fingerprint density at radius 3 is 2.23 bits per heavy atom. The van der Waals surface area contributed by atoms with Crippen LogP contribution in [-0.2, 0) is 13.0 Å². The van der Waals surface area contributed by atoms with Crippen LogP contribution in [0.25, 0.3) is 0 Å². The van der Waals surface area contributed by atoms with Crippen LogP contribution < -0.4 is 16.4 Å². The van der Waals surface area contributed by atoms with E-state index in [9.17, 15) is 19.5 Å². The van der Waals surface area contributed by atoms with Crippen molar-refractivity contribution in [3.63, 3.8) is 0 Å². The Labute approximate surface area is 229 Å². The lowest BCUT2D eigenvalue weighted by atomic mass is 10.0. The van der Waals surface area contributed by atoms with E-state index in [1.807, 2.05) is 44.2 Å². The van der Waals surface area contributed by atoms with Gasteiger partial charge in [-0.25, -0.2) is 0 Å². The number of aliphatic hydroxyl groups is 1. The number of hydrogen-bond acceptors (Lipinski definition) is 6. The van der Waals surface area contributed by atoms with Gasteiger partial charge >= 0.3 is 0 Å². The number of nitrogens with two attached hydrogens (primary N) is 1. The van der Waals surface area contributed by atoms with Gasteiger partial charge in [-0.15, -0.1) is 0 Å². The third-order valence-electron chi connectivity index (χ3n) is 6.31. The molecular formula is C30H38N4O5. The van der Waals surface area contributed by atoms with Crippen LogP contribution >= 0.6 is 0 Å². The van der Waals surface area contributed by atoms with Gasteiger partial charge in [0.1, 0.15) is 5.76 Å². The summed E-state index contributed by atoms with van der Waals surface area (Å²) < 4.78 is 5.45. The molecule has 0 aliphatic carbocycles. The van der Waals surface area contributed by atoms with Crippen molar-refractivity contribution in [3.8, 4) is 0 Å². The number of furan rings is 1. The summed E-state index contributed by atoms with van der Waals surface area (Å²) in [4.78, 5) is 40.4. The molecule has 0 bridgehead atoms. The van der Waals surface area contributed by atoms with Crippen LogP contribution in [0.4, 0.5) is 0 Å². The second kappa shape index (κ2) is 14.8. The average molecular weight is 535 g/mol. The number of primary amides is 1. The number of amides is 3. The summed E-state index contributed by atoms with van der Waals surface area (Å²) in [6.07, 6.45) is 2.38. The first-order valence-electron chi connectivity index (χ1n) is 13.3. The fourth-order valence-corrected chi connectivity index (χ4v) is 4.34. The molecule has 39 heavy (non-hydrogen) atoms. The molecule has 3 rings (SSSR count). The minimum absolute atomic E-state index is 0.0617. The highest BCUT2D eigenvalue weighted by molar-refractivity contribution is 6.04. The Morgan fingerprint density at radius 2 is 1.62 bits per heavy atom. The van der Waals surface area contributed by atoms with Gasteiger partial charge in [-0.05, 0) is 48.7 Å². The molecule has 5 N–H and O–H groups in total. The van der Waals surface area contributed by atoms with Crippen LogP contribution in [0.15, 0.2) is 71.3 Å². The molecule has 2 aromatic carbocycles. The van der Waals surface area contributed by atoms with Crippen molar-refractivity contribution < 1.29 is 23.9 Å². The summed E-state index contributed by atoms with van der Waals surface area (Å²) in [5.74, 6) is -0.955. The largest absolute Gasteiger partial charge is 0.469 e. The fraction of sp³-hybridized carbons (Fsp3) is 0.367. The SMILES string of the molecule is CCCN(CCC)C(=O)c1cc(C(N)=O)cc(C(=O)NC(Cc2ccco2)C(O)CNCc2ccccc2)c1. The van der Waals surface area contributed by atoms with Crippen molar-refractivity contribution in [2.24, 2.45) is 5.73 Å². The van der Waals surface area contributed by atoms with Crippen molar-refractivity contribution in [1.82, 2.24) is 15.5 Å². The van der Waals surface area contributed by atoms with E-state index >= 15 is 0 Å². The van der Waals surface area contributed by atoms with Crippen LogP contribution in [-0.4, -0.2) is 59.5 Å². The molecule has 0 spiro atoms. The zero-order valence-electron chi connectivity index (χ0n) is 22.6. The van der Waals surface area contributed by atoms with Gasteiger partial charge in [-0.1, -0.05) is 44.2 Å². The van der Waals surface area contributed by atoms with E-state index in [2.05, 4.69) is 10.6 Å². The molecule has 9 nitrogen and oxygen atoms in total. The number of carbonyl (C=O) groups excluding carboxylic acids is 3. The third-order valence-corrected chi connectivity index (χ3v) is 6.31. The molecule has 3 amide bonds. The van der Waals surface area contributed by atoms with Crippen molar-refractivity contribution in [2.75, 3.05) is 19.6 Å². The van der Waals surface area contributed by atoms with Crippen LogP contribution in [0, 0.1) is 0 Å². The van der Waals surface area contributed by atoms with E-state index in [4.69, 9.17) is 10.2 Å². The molecule has 1 aromatic heterocycles. The van der Waals surface area contributed by atoms with E-state index in [1.54, 1.807) is 17.0 Å². The lowest BCUT2D eigenvalue weighted by Gasteiger charge is -2.25. The Hall–Kier alpha value is -3.95. The van der Waals surface area contributed by atoms with Crippen molar-refractivity contribution in [1.29, 1.82) is 0 Å². The molecule has 0 radical (unpaired) electrons. The van der Waals surface area contributed by atoms with Gasteiger partial charge in [0, 0.05) is 49.3 Å². The third kappa shape index (κ3) is 8.80. The molecule has 208 valence electrons. The summed E-state index contributed by atoms with van der Waals surface area (Å²) in [7, 11) is 0. The van der Waals surface area contributed by atoms with Gasteiger partial charge < -0.3 is 30.8 Å². The number of rotatable bonds is 15. The minimum atomic E-state index is -0.951. The highest BCUT2D eigenvalue weighted by Crippen LogP contribution is 2.15. The minimum Gasteiger partial charge on any atom is -0.469 e. The Balaban J connectivity index is 1.80. The highest BCUT2D eigenvalue weighted by Gasteiger charge is 2.25. The molecule has 0 aliphatic rings. The molecule has 2 atom stereocenters. The number of nitrogens with one attached hydrogen (secondary N) is 2. The molecule has 0 saturated carbocycles. The highest BCUT2D eigenvalue weighted by atomic mass is 16.3. The normalized spacial score (nSPS) is 12.5. The zero-order valence-corrected chi connectivity index (χ0v) is 22.6. The number of aliphatic hydroxyl groups excluding tert-OH is 1. The average Bonchev–Trinajstić information content (AvgIpc) is 3.45. The van der Waals surface area contributed by atoms with Crippen molar-refractivity contribution >= 4 is 17.7 Å². The summed E-state index contributed by atoms with van der Waals surface area (Å²) in [6, 6.07) is 16.8. The standard InChI is InChI=1S/C30H38N4O5/c1-3-12-34(13-4-2)30(38)24-16-22(28(31)36)15-23(17-24)29(37)33-26(18-25-11-8-14-39-25)27(35)20-32-19-21-9-6-5-7-10-21/h5-11,14-17,26-27,32,35H,3-4,12-13,18-20H2,1-2H3,(H2,31,36)(H,33,37). The smallest absolute Gasteiger partial charge is 0.253 e. The van der Waals surface area contributed by atoms with Crippen LogP contribution in [0.5, 0.6) is 0 Å². The Kier molecular flexibility index (Phi) is 11.3. The van der Waals surface area contributed by atoms with E-state index in [0.29, 0.717) is 25.4 Å². The van der Waals surface area contributed by atoms with Crippen molar-refractivity contribution in [2.45, 2.75) is 51.8 Å².